The molecule has 110 valence electrons. The molecule has 0 aromatic heterocycles. The van der Waals surface area contributed by atoms with E-state index in [-0.39, 0.29) is 5.91 Å². The molecule has 0 spiro atoms. The van der Waals surface area contributed by atoms with E-state index in [2.05, 4.69) is 56.5 Å². The highest BCUT2D eigenvalue weighted by Crippen LogP contribution is 2.28. The van der Waals surface area contributed by atoms with Crippen molar-refractivity contribution in [2.24, 2.45) is 5.92 Å². The maximum Gasteiger partial charge on any atom is 0.224 e. The van der Waals surface area contributed by atoms with Gasteiger partial charge in [-0.05, 0) is 48.0 Å². The van der Waals surface area contributed by atoms with Crippen LogP contribution in [-0.2, 0) is 4.79 Å². The monoisotopic (exact) mass is 274 g/mol. The smallest absolute Gasteiger partial charge is 0.224 e. The zero-order valence-electron chi connectivity index (χ0n) is 13.0. The highest BCUT2D eigenvalue weighted by atomic mass is 16.1. The Labute approximate surface area is 122 Å². The second-order valence-corrected chi connectivity index (χ2v) is 6.43. The normalized spacial score (nSPS) is 15.5. The molecule has 1 aromatic rings. The van der Waals surface area contributed by atoms with E-state index in [0.29, 0.717) is 24.2 Å². The third-order valence-electron chi connectivity index (χ3n) is 3.98. The number of carbonyl (C=O) groups is 1. The molecule has 3 nitrogen and oxygen atoms in total. The number of rotatable bonds is 5. The summed E-state index contributed by atoms with van der Waals surface area (Å²) in [6.07, 6.45) is 0.621. The molecule has 1 aliphatic rings. The summed E-state index contributed by atoms with van der Waals surface area (Å²) in [5.74, 6) is 1.57. The first-order valence-electron chi connectivity index (χ1n) is 7.61. The van der Waals surface area contributed by atoms with Gasteiger partial charge in [-0.1, -0.05) is 39.8 Å². The zero-order valence-corrected chi connectivity index (χ0v) is 13.0. The van der Waals surface area contributed by atoms with Gasteiger partial charge in [-0.2, -0.15) is 0 Å². The highest BCUT2D eigenvalue weighted by molar-refractivity contribution is 5.91. The Bertz CT molecular complexity index is 476. The Kier molecular flexibility index (Phi) is 4.81. The number of amides is 1. The van der Waals surface area contributed by atoms with Crippen molar-refractivity contribution < 1.29 is 4.79 Å². The largest absolute Gasteiger partial charge is 0.326 e. The molecule has 0 saturated carbocycles. The summed E-state index contributed by atoms with van der Waals surface area (Å²) in [4.78, 5) is 12.1. The summed E-state index contributed by atoms with van der Waals surface area (Å²) in [6, 6.07) is 6.41. The first-order chi connectivity index (χ1) is 9.47. The molecule has 0 aliphatic carbocycles. The molecule has 0 radical (unpaired) electrons. The fourth-order valence-corrected chi connectivity index (χ4v) is 2.49. The van der Waals surface area contributed by atoms with Gasteiger partial charge in [0.2, 0.25) is 5.91 Å². The molecular weight excluding hydrogens is 248 g/mol. The number of hydrogen-bond acceptors (Lipinski definition) is 2. The van der Waals surface area contributed by atoms with Crippen molar-refractivity contribution in [3.63, 3.8) is 0 Å². The molecule has 1 amide bonds. The van der Waals surface area contributed by atoms with Crippen LogP contribution in [0.25, 0.3) is 0 Å². The molecule has 0 unspecified atom stereocenters. The van der Waals surface area contributed by atoms with Crippen LogP contribution in [0.15, 0.2) is 18.2 Å². The molecule has 1 aromatic carbocycles. The summed E-state index contributed by atoms with van der Waals surface area (Å²) in [7, 11) is 0. The summed E-state index contributed by atoms with van der Waals surface area (Å²) in [6.45, 7) is 10.7. The Hall–Kier alpha value is -1.35. The van der Waals surface area contributed by atoms with Crippen molar-refractivity contribution in [2.75, 3.05) is 18.4 Å². The van der Waals surface area contributed by atoms with Crippen LogP contribution < -0.4 is 10.6 Å². The van der Waals surface area contributed by atoms with Gasteiger partial charge < -0.3 is 10.6 Å². The van der Waals surface area contributed by atoms with Crippen LogP contribution in [0.2, 0.25) is 0 Å². The molecule has 20 heavy (non-hydrogen) atoms. The van der Waals surface area contributed by atoms with E-state index >= 15 is 0 Å². The Balaban J connectivity index is 2.11. The fraction of sp³-hybridized carbons (Fsp3) is 0.588. The van der Waals surface area contributed by atoms with Crippen LogP contribution in [0.5, 0.6) is 0 Å². The fourth-order valence-electron chi connectivity index (χ4n) is 2.49. The van der Waals surface area contributed by atoms with Crippen LogP contribution >= 0.6 is 0 Å². The van der Waals surface area contributed by atoms with Gasteiger partial charge >= 0.3 is 0 Å². The summed E-state index contributed by atoms with van der Waals surface area (Å²) >= 11 is 0. The Morgan fingerprint density at radius 3 is 2.45 bits per heavy atom. The maximum atomic E-state index is 12.1. The third-order valence-corrected chi connectivity index (χ3v) is 3.98. The molecule has 1 aliphatic heterocycles. The first kappa shape index (κ1) is 15.0. The van der Waals surface area contributed by atoms with Crippen LogP contribution in [0.3, 0.4) is 0 Å². The van der Waals surface area contributed by atoms with Crippen molar-refractivity contribution in [3.05, 3.63) is 29.3 Å². The number of carbonyl (C=O) groups excluding carboxylic acids is 1. The lowest BCUT2D eigenvalue weighted by Crippen LogP contribution is -2.43. The van der Waals surface area contributed by atoms with E-state index in [1.807, 2.05) is 0 Å². The molecule has 1 fully saturated rings. The number of nitrogens with one attached hydrogen (secondary N) is 2. The predicted octanol–water partition coefficient (Wildman–Crippen LogP) is 3.48. The van der Waals surface area contributed by atoms with Crippen molar-refractivity contribution >= 4 is 11.6 Å². The number of anilines is 1. The third kappa shape index (κ3) is 3.60. The standard InChI is InChI=1S/C17H26N2O/c1-11(2)14-5-6-16(15(8-14)12(3)4)19-17(20)7-13-9-18-10-13/h5-6,8,11-13,18H,7,9-10H2,1-4H3,(H,19,20). The topological polar surface area (TPSA) is 41.1 Å². The van der Waals surface area contributed by atoms with Crippen molar-refractivity contribution in [1.82, 2.24) is 5.32 Å². The maximum absolute atomic E-state index is 12.1. The van der Waals surface area contributed by atoms with Crippen LogP contribution in [0.1, 0.15) is 57.1 Å². The van der Waals surface area contributed by atoms with Gasteiger partial charge in [0.15, 0.2) is 0 Å². The van der Waals surface area contributed by atoms with E-state index in [4.69, 9.17) is 0 Å². The molecule has 0 bridgehead atoms. The Morgan fingerprint density at radius 1 is 1.25 bits per heavy atom. The lowest BCUT2D eigenvalue weighted by atomic mass is 9.93. The van der Waals surface area contributed by atoms with Gasteiger partial charge in [-0.25, -0.2) is 0 Å². The SMILES string of the molecule is CC(C)c1ccc(NC(=O)CC2CNC2)c(C(C)C)c1. The molecule has 1 saturated heterocycles. The summed E-state index contributed by atoms with van der Waals surface area (Å²) in [5, 5.41) is 6.29. The molecule has 0 atom stereocenters. The number of benzene rings is 1. The average molecular weight is 274 g/mol. The average Bonchev–Trinajstić information content (AvgIpc) is 2.33. The summed E-state index contributed by atoms with van der Waals surface area (Å²) in [5.41, 5.74) is 3.54. The lowest BCUT2D eigenvalue weighted by Gasteiger charge is -2.26. The molecule has 1 heterocycles. The van der Waals surface area contributed by atoms with E-state index < -0.39 is 0 Å². The number of hydrogen-bond donors (Lipinski definition) is 2. The first-order valence-corrected chi connectivity index (χ1v) is 7.61. The van der Waals surface area contributed by atoms with Crippen molar-refractivity contribution in [2.45, 2.75) is 46.0 Å². The van der Waals surface area contributed by atoms with E-state index in [1.54, 1.807) is 0 Å². The minimum absolute atomic E-state index is 0.135. The van der Waals surface area contributed by atoms with Crippen LogP contribution in [0, 0.1) is 5.92 Å². The molecule has 3 heteroatoms. The molecule has 2 N–H and O–H groups in total. The zero-order chi connectivity index (χ0) is 14.7. The van der Waals surface area contributed by atoms with Gasteiger partial charge in [-0.15, -0.1) is 0 Å². The highest BCUT2D eigenvalue weighted by Gasteiger charge is 2.21. The molecule has 2 rings (SSSR count). The van der Waals surface area contributed by atoms with Crippen LogP contribution in [0.4, 0.5) is 5.69 Å². The van der Waals surface area contributed by atoms with Gasteiger partial charge in [-0.3, -0.25) is 4.79 Å². The molecular formula is C17H26N2O. The summed E-state index contributed by atoms with van der Waals surface area (Å²) < 4.78 is 0. The van der Waals surface area contributed by atoms with E-state index in [0.717, 1.165) is 18.8 Å². The lowest BCUT2D eigenvalue weighted by molar-refractivity contribution is -0.117. The predicted molar refractivity (Wildman–Crippen MR) is 84.2 cm³/mol. The van der Waals surface area contributed by atoms with Gasteiger partial charge in [0, 0.05) is 12.1 Å². The quantitative estimate of drug-likeness (QED) is 0.863. The van der Waals surface area contributed by atoms with E-state index in [9.17, 15) is 4.79 Å². The Morgan fingerprint density at radius 2 is 1.95 bits per heavy atom. The van der Waals surface area contributed by atoms with Crippen molar-refractivity contribution in [3.8, 4) is 0 Å². The van der Waals surface area contributed by atoms with E-state index in [1.165, 1.54) is 11.1 Å². The van der Waals surface area contributed by atoms with Crippen molar-refractivity contribution in [1.29, 1.82) is 0 Å². The minimum Gasteiger partial charge on any atom is -0.326 e. The van der Waals surface area contributed by atoms with Crippen LogP contribution in [-0.4, -0.2) is 19.0 Å². The van der Waals surface area contributed by atoms with Gasteiger partial charge in [0.25, 0.3) is 0 Å². The van der Waals surface area contributed by atoms with Gasteiger partial charge in [0.1, 0.15) is 0 Å². The van der Waals surface area contributed by atoms with Gasteiger partial charge in [0.05, 0.1) is 0 Å². The second kappa shape index (κ2) is 6.40. The minimum atomic E-state index is 0.135. The second-order valence-electron chi connectivity index (χ2n) is 6.43.